The van der Waals surface area contributed by atoms with Gasteiger partial charge in [0.2, 0.25) is 0 Å². The van der Waals surface area contributed by atoms with Crippen LogP contribution in [0.2, 0.25) is 0 Å². The van der Waals surface area contributed by atoms with Crippen molar-refractivity contribution < 1.29 is 9.53 Å². The number of carbonyl (C=O) groups excluding carboxylic acids is 1. The van der Waals surface area contributed by atoms with Crippen molar-refractivity contribution in [3.8, 4) is 5.75 Å². The second-order valence-corrected chi connectivity index (χ2v) is 5.77. The molecule has 1 unspecified atom stereocenters. The van der Waals surface area contributed by atoms with Crippen LogP contribution in [0.3, 0.4) is 0 Å². The fourth-order valence-electron chi connectivity index (χ4n) is 3.05. The van der Waals surface area contributed by atoms with Crippen LogP contribution in [0.15, 0.2) is 18.2 Å². The summed E-state index contributed by atoms with van der Waals surface area (Å²) in [6.07, 6.45) is 4.43. The normalized spacial score (nSPS) is 22.6. The maximum atomic E-state index is 12.5. The Morgan fingerprint density at radius 1 is 1.37 bits per heavy atom. The predicted octanol–water partition coefficient (Wildman–Crippen LogP) is 2.88. The molecular formula is C16H21NO2. The van der Waals surface area contributed by atoms with Crippen molar-refractivity contribution in [2.45, 2.75) is 32.6 Å². The molecule has 0 aromatic heterocycles. The van der Waals surface area contributed by atoms with Crippen LogP contribution in [0.25, 0.3) is 0 Å². The number of ether oxygens (including phenoxy) is 1. The number of fused-ring (bicyclic) bond motifs is 1. The smallest absolute Gasteiger partial charge is 0.253 e. The maximum Gasteiger partial charge on any atom is 0.253 e. The Kier molecular flexibility index (Phi) is 3.45. The predicted molar refractivity (Wildman–Crippen MR) is 74.6 cm³/mol. The first kappa shape index (κ1) is 12.5. The average Bonchev–Trinajstić information content (AvgIpc) is 2.46. The molecule has 3 rings (SSSR count). The number of amides is 1. The third kappa shape index (κ3) is 2.60. The minimum Gasteiger partial charge on any atom is -0.493 e. The summed E-state index contributed by atoms with van der Waals surface area (Å²) in [5.74, 6) is 1.76. The van der Waals surface area contributed by atoms with Gasteiger partial charge in [0, 0.05) is 18.7 Å². The number of aryl methyl sites for hydroxylation is 1. The number of hydrogen-bond donors (Lipinski definition) is 0. The number of nitrogens with zero attached hydrogens (tertiary/aromatic N) is 1. The molecule has 1 saturated heterocycles. The monoisotopic (exact) mass is 259 g/mol. The van der Waals surface area contributed by atoms with Gasteiger partial charge < -0.3 is 9.64 Å². The Bertz CT molecular complexity index is 484. The quantitative estimate of drug-likeness (QED) is 0.776. The lowest BCUT2D eigenvalue weighted by Gasteiger charge is -2.31. The molecule has 102 valence electrons. The summed E-state index contributed by atoms with van der Waals surface area (Å²) in [5.41, 5.74) is 2.00. The van der Waals surface area contributed by atoms with Gasteiger partial charge in [0.25, 0.3) is 5.91 Å². The van der Waals surface area contributed by atoms with E-state index in [1.165, 1.54) is 12.0 Å². The molecule has 1 amide bonds. The lowest BCUT2D eigenvalue weighted by atomic mass is 9.98. The summed E-state index contributed by atoms with van der Waals surface area (Å²) in [5, 5.41) is 0. The van der Waals surface area contributed by atoms with E-state index in [1.807, 2.05) is 23.1 Å². The Morgan fingerprint density at radius 2 is 2.26 bits per heavy atom. The molecule has 19 heavy (non-hydrogen) atoms. The van der Waals surface area contributed by atoms with E-state index in [1.54, 1.807) is 0 Å². The molecule has 0 radical (unpaired) electrons. The first-order valence-electron chi connectivity index (χ1n) is 7.29. The molecule has 3 heteroatoms. The summed E-state index contributed by atoms with van der Waals surface area (Å²) in [6.45, 7) is 4.81. The molecule has 0 saturated carbocycles. The first-order valence-corrected chi connectivity index (χ1v) is 7.29. The fraction of sp³-hybridized carbons (Fsp3) is 0.562. The Hall–Kier alpha value is -1.51. The van der Waals surface area contributed by atoms with Crippen LogP contribution < -0.4 is 4.74 Å². The van der Waals surface area contributed by atoms with Crippen LogP contribution in [-0.4, -0.2) is 30.5 Å². The van der Waals surface area contributed by atoms with Crippen LogP contribution in [0.4, 0.5) is 0 Å². The molecule has 3 nitrogen and oxygen atoms in total. The highest BCUT2D eigenvalue weighted by Crippen LogP contribution is 2.26. The summed E-state index contributed by atoms with van der Waals surface area (Å²) < 4.78 is 5.60. The molecule has 1 atom stereocenters. The largest absolute Gasteiger partial charge is 0.493 e. The topological polar surface area (TPSA) is 29.5 Å². The van der Waals surface area contributed by atoms with Crippen molar-refractivity contribution >= 4 is 5.91 Å². The molecule has 1 fully saturated rings. The van der Waals surface area contributed by atoms with Crippen LogP contribution in [0.5, 0.6) is 5.75 Å². The van der Waals surface area contributed by atoms with Gasteiger partial charge in [0.1, 0.15) is 5.75 Å². The van der Waals surface area contributed by atoms with Gasteiger partial charge in [0.15, 0.2) is 0 Å². The second kappa shape index (κ2) is 5.24. The first-order chi connectivity index (χ1) is 9.24. The number of piperidine rings is 1. The van der Waals surface area contributed by atoms with E-state index in [0.29, 0.717) is 5.92 Å². The zero-order valence-corrected chi connectivity index (χ0v) is 11.5. The standard InChI is InChI=1S/C16H21NO2/c1-12-4-2-8-17(11-12)16(18)14-6-7-15-13(10-14)5-3-9-19-15/h6-7,10,12H,2-5,8-9,11H2,1H3. The Balaban J connectivity index is 1.79. The van der Waals surface area contributed by atoms with E-state index >= 15 is 0 Å². The molecule has 0 bridgehead atoms. The number of rotatable bonds is 1. The number of benzene rings is 1. The van der Waals surface area contributed by atoms with Crippen LogP contribution in [0, 0.1) is 5.92 Å². The summed E-state index contributed by atoms with van der Waals surface area (Å²) >= 11 is 0. The lowest BCUT2D eigenvalue weighted by molar-refractivity contribution is 0.0683. The van der Waals surface area contributed by atoms with Gasteiger partial charge in [-0.15, -0.1) is 0 Å². The van der Waals surface area contributed by atoms with E-state index < -0.39 is 0 Å². The zero-order valence-electron chi connectivity index (χ0n) is 11.5. The van der Waals surface area contributed by atoms with Crippen LogP contribution in [0.1, 0.15) is 42.1 Å². The molecule has 2 aliphatic rings. The molecule has 0 spiro atoms. The molecule has 2 aliphatic heterocycles. The third-order valence-electron chi connectivity index (χ3n) is 4.10. The van der Waals surface area contributed by atoms with Crippen LogP contribution in [-0.2, 0) is 6.42 Å². The molecule has 2 heterocycles. The van der Waals surface area contributed by atoms with Crippen molar-refractivity contribution in [2.24, 2.45) is 5.92 Å². The van der Waals surface area contributed by atoms with E-state index in [9.17, 15) is 4.79 Å². The highest BCUT2D eigenvalue weighted by Gasteiger charge is 2.23. The second-order valence-electron chi connectivity index (χ2n) is 5.77. The van der Waals surface area contributed by atoms with Gasteiger partial charge in [0.05, 0.1) is 6.61 Å². The van der Waals surface area contributed by atoms with Gasteiger partial charge in [-0.2, -0.15) is 0 Å². The minimum absolute atomic E-state index is 0.180. The summed E-state index contributed by atoms with van der Waals surface area (Å²) in [7, 11) is 0. The van der Waals surface area contributed by atoms with E-state index in [-0.39, 0.29) is 5.91 Å². The van der Waals surface area contributed by atoms with Gasteiger partial charge in [-0.3, -0.25) is 4.79 Å². The molecule has 0 aliphatic carbocycles. The van der Waals surface area contributed by atoms with E-state index in [2.05, 4.69) is 6.92 Å². The minimum atomic E-state index is 0.180. The molecule has 1 aromatic rings. The maximum absolute atomic E-state index is 12.5. The molecule has 1 aromatic carbocycles. The van der Waals surface area contributed by atoms with Gasteiger partial charge in [-0.05, 0) is 55.4 Å². The Morgan fingerprint density at radius 3 is 3.11 bits per heavy atom. The zero-order chi connectivity index (χ0) is 13.2. The highest BCUT2D eigenvalue weighted by molar-refractivity contribution is 5.94. The summed E-state index contributed by atoms with van der Waals surface area (Å²) in [6, 6.07) is 5.89. The van der Waals surface area contributed by atoms with Crippen LogP contribution >= 0.6 is 0 Å². The van der Waals surface area contributed by atoms with Crippen molar-refractivity contribution in [3.63, 3.8) is 0 Å². The average molecular weight is 259 g/mol. The van der Waals surface area contributed by atoms with E-state index in [4.69, 9.17) is 4.74 Å². The van der Waals surface area contributed by atoms with Gasteiger partial charge in [-0.25, -0.2) is 0 Å². The molecule has 0 N–H and O–H groups in total. The number of carbonyl (C=O) groups is 1. The van der Waals surface area contributed by atoms with Gasteiger partial charge in [-0.1, -0.05) is 6.92 Å². The number of likely N-dealkylation sites (tertiary alicyclic amines) is 1. The summed E-state index contributed by atoms with van der Waals surface area (Å²) in [4.78, 5) is 14.5. The Labute approximate surface area is 114 Å². The van der Waals surface area contributed by atoms with E-state index in [0.717, 1.165) is 50.3 Å². The molecular weight excluding hydrogens is 238 g/mol. The van der Waals surface area contributed by atoms with Crippen molar-refractivity contribution in [1.82, 2.24) is 4.90 Å². The van der Waals surface area contributed by atoms with Crippen molar-refractivity contribution in [1.29, 1.82) is 0 Å². The van der Waals surface area contributed by atoms with Crippen molar-refractivity contribution in [2.75, 3.05) is 19.7 Å². The lowest BCUT2D eigenvalue weighted by Crippen LogP contribution is -2.39. The van der Waals surface area contributed by atoms with Gasteiger partial charge >= 0.3 is 0 Å². The SMILES string of the molecule is CC1CCCN(C(=O)c2ccc3c(c2)CCCO3)C1. The van der Waals surface area contributed by atoms with Crippen molar-refractivity contribution in [3.05, 3.63) is 29.3 Å². The fourth-order valence-corrected chi connectivity index (χ4v) is 3.05. The third-order valence-corrected chi connectivity index (χ3v) is 4.10. The highest BCUT2D eigenvalue weighted by atomic mass is 16.5. The number of hydrogen-bond acceptors (Lipinski definition) is 2.